The second-order valence-electron chi connectivity index (χ2n) is 3.01. The summed E-state index contributed by atoms with van der Waals surface area (Å²) in [7, 11) is 0. The highest BCUT2D eigenvalue weighted by molar-refractivity contribution is 6.37. The molecule has 5 heteroatoms. The summed E-state index contributed by atoms with van der Waals surface area (Å²) in [6, 6.07) is 0.171. The number of carbonyl (C=O) groups is 1. The summed E-state index contributed by atoms with van der Waals surface area (Å²) in [6.45, 7) is 1.17. The van der Waals surface area contributed by atoms with Crippen molar-refractivity contribution in [3.63, 3.8) is 0 Å². The van der Waals surface area contributed by atoms with Gasteiger partial charge in [0, 0.05) is 6.61 Å². The Morgan fingerprint density at radius 2 is 2.58 bits per heavy atom. The average Bonchev–Trinajstić information content (AvgIpc) is 2.47. The van der Waals surface area contributed by atoms with E-state index in [1.807, 2.05) is 0 Å². The van der Waals surface area contributed by atoms with Gasteiger partial charge in [-0.05, 0) is 6.42 Å². The van der Waals surface area contributed by atoms with Crippen LogP contribution in [-0.2, 0) is 9.53 Å². The van der Waals surface area contributed by atoms with Crippen molar-refractivity contribution in [2.24, 2.45) is 11.0 Å². The molecule has 2 aliphatic heterocycles. The van der Waals surface area contributed by atoms with Crippen molar-refractivity contribution in [2.75, 3.05) is 13.2 Å². The molecule has 0 saturated carbocycles. The lowest BCUT2D eigenvalue weighted by atomic mass is 9.93. The first kappa shape index (κ1) is 7.54. The van der Waals surface area contributed by atoms with Gasteiger partial charge in [-0.2, -0.15) is 5.10 Å². The third kappa shape index (κ3) is 1.06. The molecule has 1 saturated heterocycles. The van der Waals surface area contributed by atoms with Crippen molar-refractivity contribution in [1.29, 1.82) is 0 Å². The standard InChI is InChI=1S/C7H10N2O3/c10-7(11)6-4-3-12-2-1-5(4)8-9-6/h4-5,8H,1-3H2,(H,10,11). The number of carboxylic acids is 1. The van der Waals surface area contributed by atoms with Crippen molar-refractivity contribution in [3.8, 4) is 0 Å². The number of fused-ring (bicyclic) bond motifs is 1. The molecule has 2 atom stereocenters. The summed E-state index contributed by atoms with van der Waals surface area (Å²) in [5.74, 6) is -1.00. The van der Waals surface area contributed by atoms with Gasteiger partial charge in [-0.1, -0.05) is 0 Å². The van der Waals surface area contributed by atoms with E-state index in [2.05, 4.69) is 10.5 Å². The highest BCUT2D eigenvalue weighted by atomic mass is 16.5. The lowest BCUT2D eigenvalue weighted by Crippen LogP contribution is -2.40. The molecule has 0 aromatic heterocycles. The first-order valence-corrected chi connectivity index (χ1v) is 3.93. The average molecular weight is 170 g/mol. The Morgan fingerprint density at radius 3 is 3.33 bits per heavy atom. The van der Waals surface area contributed by atoms with E-state index in [9.17, 15) is 4.79 Å². The molecule has 0 aromatic rings. The van der Waals surface area contributed by atoms with Gasteiger partial charge in [-0.3, -0.25) is 0 Å². The molecule has 12 heavy (non-hydrogen) atoms. The number of hydrogen-bond donors (Lipinski definition) is 2. The molecular weight excluding hydrogens is 160 g/mol. The topological polar surface area (TPSA) is 70.9 Å². The monoisotopic (exact) mass is 170 g/mol. The highest BCUT2D eigenvalue weighted by Crippen LogP contribution is 2.20. The lowest BCUT2D eigenvalue weighted by Gasteiger charge is -2.24. The minimum atomic E-state index is -0.944. The predicted molar refractivity (Wildman–Crippen MR) is 40.9 cm³/mol. The van der Waals surface area contributed by atoms with Gasteiger partial charge in [0.2, 0.25) is 0 Å². The molecule has 2 aliphatic rings. The Kier molecular flexibility index (Phi) is 1.73. The lowest BCUT2D eigenvalue weighted by molar-refractivity contribution is -0.129. The van der Waals surface area contributed by atoms with E-state index in [0.29, 0.717) is 13.2 Å². The molecule has 0 spiro atoms. The smallest absolute Gasteiger partial charge is 0.352 e. The van der Waals surface area contributed by atoms with E-state index in [4.69, 9.17) is 9.84 Å². The molecule has 2 rings (SSSR count). The fraction of sp³-hybridized carbons (Fsp3) is 0.714. The molecule has 2 unspecified atom stereocenters. The Balaban J connectivity index is 2.13. The number of carboxylic acid groups (broad SMARTS) is 1. The molecule has 0 radical (unpaired) electrons. The number of rotatable bonds is 1. The Hall–Kier alpha value is -1.10. The molecule has 0 aromatic carbocycles. The largest absolute Gasteiger partial charge is 0.477 e. The summed E-state index contributed by atoms with van der Waals surface area (Å²) >= 11 is 0. The maximum atomic E-state index is 10.6. The minimum Gasteiger partial charge on any atom is -0.477 e. The summed E-state index contributed by atoms with van der Waals surface area (Å²) in [6.07, 6.45) is 0.838. The summed E-state index contributed by atoms with van der Waals surface area (Å²) in [4.78, 5) is 10.6. The Labute approximate surface area is 69.4 Å². The van der Waals surface area contributed by atoms with Crippen LogP contribution in [0, 0.1) is 5.92 Å². The fourth-order valence-corrected chi connectivity index (χ4v) is 1.60. The molecule has 2 heterocycles. The van der Waals surface area contributed by atoms with Gasteiger partial charge < -0.3 is 15.3 Å². The SMILES string of the molecule is O=C(O)C1=NNC2CCOCC12. The molecule has 2 N–H and O–H groups in total. The zero-order valence-corrected chi connectivity index (χ0v) is 6.49. The third-order valence-electron chi connectivity index (χ3n) is 2.28. The van der Waals surface area contributed by atoms with E-state index in [0.717, 1.165) is 6.42 Å². The minimum absolute atomic E-state index is 0.0590. The van der Waals surface area contributed by atoms with Gasteiger partial charge in [0.05, 0.1) is 18.6 Å². The van der Waals surface area contributed by atoms with Crippen molar-refractivity contribution < 1.29 is 14.6 Å². The number of aliphatic carboxylic acids is 1. The maximum Gasteiger partial charge on any atom is 0.352 e. The molecular formula is C7H10N2O3. The van der Waals surface area contributed by atoms with E-state index in [1.165, 1.54) is 0 Å². The van der Waals surface area contributed by atoms with Crippen LogP contribution in [-0.4, -0.2) is 36.0 Å². The first-order chi connectivity index (χ1) is 5.79. The molecule has 1 fully saturated rings. The van der Waals surface area contributed by atoms with E-state index in [1.54, 1.807) is 0 Å². The van der Waals surface area contributed by atoms with Crippen molar-refractivity contribution >= 4 is 11.7 Å². The van der Waals surface area contributed by atoms with E-state index in [-0.39, 0.29) is 17.7 Å². The Bertz CT molecular complexity index is 239. The number of nitrogens with one attached hydrogen (secondary N) is 1. The highest BCUT2D eigenvalue weighted by Gasteiger charge is 2.37. The quantitative estimate of drug-likeness (QED) is 0.553. The van der Waals surface area contributed by atoms with Crippen LogP contribution in [0.4, 0.5) is 0 Å². The van der Waals surface area contributed by atoms with E-state index < -0.39 is 5.97 Å². The van der Waals surface area contributed by atoms with Crippen LogP contribution >= 0.6 is 0 Å². The second-order valence-corrected chi connectivity index (χ2v) is 3.01. The van der Waals surface area contributed by atoms with Crippen LogP contribution in [0.2, 0.25) is 0 Å². The van der Waals surface area contributed by atoms with Crippen LogP contribution in [0.3, 0.4) is 0 Å². The summed E-state index contributed by atoms with van der Waals surface area (Å²) < 4.78 is 5.18. The van der Waals surface area contributed by atoms with Gasteiger partial charge in [-0.25, -0.2) is 4.79 Å². The molecule has 0 aliphatic carbocycles. The second kappa shape index (κ2) is 2.75. The fourth-order valence-electron chi connectivity index (χ4n) is 1.60. The first-order valence-electron chi connectivity index (χ1n) is 3.93. The van der Waals surface area contributed by atoms with Crippen molar-refractivity contribution in [3.05, 3.63) is 0 Å². The zero-order valence-electron chi connectivity index (χ0n) is 6.49. The number of hydrogen-bond acceptors (Lipinski definition) is 4. The van der Waals surface area contributed by atoms with Gasteiger partial charge in [0.25, 0.3) is 0 Å². The van der Waals surface area contributed by atoms with Crippen LogP contribution in [0.1, 0.15) is 6.42 Å². The molecule has 5 nitrogen and oxygen atoms in total. The van der Waals surface area contributed by atoms with Gasteiger partial charge in [0.15, 0.2) is 5.71 Å². The van der Waals surface area contributed by atoms with Crippen molar-refractivity contribution in [1.82, 2.24) is 5.43 Å². The molecule has 0 bridgehead atoms. The van der Waals surface area contributed by atoms with Crippen molar-refractivity contribution in [2.45, 2.75) is 12.5 Å². The number of nitrogens with zero attached hydrogens (tertiary/aromatic N) is 1. The normalized spacial score (nSPS) is 33.5. The zero-order chi connectivity index (χ0) is 8.55. The molecule has 0 amide bonds. The van der Waals surface area contributed by atoms with Crippen LogP contribution in [0.15, 0.2) is 5.10 Å². The van der Waals surface area contributed by atoms with Gasteiger partial charge in [-0.15, -0.1) is 0 Å². The van der Waals surface area contributed by atoms with Crippen LogP contribution < -0.4 is 5.43 Å². The van der Waals surface area contributed by atoms with Crippen LogP contribution in [0.5, 0.6) is 0 Å². The Morgan fingerprint density at radius 1 is 1.75 bits per heavy atom. The van der Waals surface area contributed by atoms with Gasteiger partial charge >= 0.3 is 5.97 Å². The van der Waals surface area contributed by atoms with E-state index >= 15 is 0 Å². The third-order valence-corrected chi connectivity index (χ3v) is 2.28. The van der Waals surface area contributed by atoms with Crippen LogP contribution in [0.25, 0.3) is 0 Å². The maximum absolute atomic E-state index is 10.6. The number of hydrazone groups is 1. The summed E-state index contributed by atoms with van der Waals surface area (Å²) in [5, 5.41) is 12.5. The summed E-state index contributed by atoms with van der Waals surface area (Å²) in [5.41, 5.74) is 3.03. The predicted octanol–water partition coefficient (Wildman–Crippen LogP) is -0.565. The molecule has 66 valence electrons. The van der Waals surface area contributed by atoms with Gasteiger partial charge in [0.1, 0.15) is 0 Å². The number of ether oxygens (including phenoxy) is 1.